The Morgan fingerprint density at radius 3 is 2.00 bits per heavy atom. The van der Waals surface area contributed by atoms with Crippen LogP contribution < -0.4 is 0 Å². The number of rotatable bonds is 13. The second kappa shape index (κ2) is 15.3. The minimum absolute atomic E-state index is 0.125. The standard InChI is InChI=1S/C16H28O6Si/c1-3-5-11-20-14(17)9-10-15(18)21-12-7-8-16(19)22-23-13-6-4-2/h9-10H,3-8,11-13,23H2,1-2H3. The molecule has 0 aliphatic heterocycles. The van der Waals surface area contributed by atoms with Crippen LogP contribution in [0.4, 0.5) is 0 Å². The minimum Gasteiger partial charge on any atom is -0.525 e. The van der Waals surface area contributed by atoms with E-state index in [4.69, 9.17) is 13.9 Å². The molecule has 0 aromatic heterocycles. The average Bonchev–Trinajstić information content (AvgIpc) is 2.54. The van der Waals surface area contributed by atoms with E-state index in [1.54, 1.807) is 0 Å². The van der Waals surface area contributed by atoms with Crippen LogP contribution in [0.1, 0.15) is 52.4 Å². The van der Waals surface area contributed by atoms with Gasteiger partial charge in [0.15, 0.2) is 0 Å². The zero-order chi connectivity index (χ0) is 17.3. The minimum atomic E-state index is -0.743. The molecule has 0 heterocycles. The van der Waals surface area contributed by atoms with Crippen LogP contribution in [0, 0.1) is 0 Å². The van der Waals surface area contributed by atoms with Gasteiger partial charge in [0.1, 0.15) is 0 Å². The largest absolute Gasteiger partial charge is 0.525 e. The molecule has 23 heavy (non-hydrogen) atoms. The van der Waals surface area contributed by atoms with Crippen molar-refractivity contribution in [2.24, 2.45) is 0 Å². The zero-order valence-corrected chi connectivity index (χ0v) is 15.6. The number of hydrogen-bond donors (Lipinski definition) is 0. The SMILES string of the molecule is CCCCOC(=O)C=CC(=O)OCCCC(=O)O[SiH2]CCCC. The fourth-order valence-electron chi connectivity index (χ4n) is 1.55. The molecular weight excluding hydrogens is 316 g/mol. The van der Waals surface area contributed by atoms with Gasteiger partial charge in [0.25, 0.3) is 5.97 Å². The fourth-order valence-corrected chi connectivity index (χ4v) is 2.77. The van der Waals surface area contributed by atoms with E-state index in [0.29, 0.717) is 13.0 Å². The summed E-state index contributed by atoms with van der Waals surface area (Å²) >= 11 is 0. The molecule has 0 fully saturated rings. The van der Waals surface area contributed by atoms with Crippen molar-refractivity contribution in [3.63, 3.8) is 0 Å². The Morgan fingerprint density at radius 1 is 0.870 bits per heavy atom. The number of ether oxygens (including phenoxy) is 2. The van der Waals surface area contributed by atoms with E-state index in [9.17, 15) is 14.4 Å². The highest BCUT2D eigenvalue weighted by molar-refractivity contribution is 6.30. The molecule has 0 aliphatic carbocycles. The van der Waals surface area contributed by atoms with E-state index in [1.807, 2.05) is 6.92 Å². The highest BCUT2D eigenvalue weighted by Crippen LogP contribution is 1.98. The van der Waals surface area contributed by atoms with Crippen LogP contribution in [0.2, 0.25) is 6.04 Å². The molecule has 0 saturated heterocycles. The summed E-state index contributed by atoms with van der Waals surface area (Å²) in [6, 6.07) is 1.01. The van der Waals surface area contributed by atoms with Gasteiger partial charge in [0.2, 0.25) is 9.76 Å². The van der Waals surface area contributed by atoms with E-state index < -0.39 is 21.7 Å². The summed E-state index contributed by atoms with van der Waals surface area (Å²) in [4.78, 5) is 33.9. The predicted octanol–water partition coefficient (Wildman–Crippen LogP) is 2.05. The van der Waals surface area contributed by atoms with Crippen molar-refractivity contribution < 1.29 is 28.3 Å². The van der Waals surface area contributed by atoms with Gasteiger partial charge in [-0.15, -0.1) is 0 Å². The van der Waals surface area contributed by atoms with Crippen LogP contribution in [-0.4, -0.2) is 40.9 Å². The zero-order valence-electron chi connectivity index (χ0n) is 14.2. The molecule has 0 bridgehead atoms. The Labute approximate surface area is 140 Å². The number of esters is 2. The van der Waals surface area contributed by atoms with Crippen molar-refractivity contribution in [2.45, 2.75) is 58.4 Å². The van der Waals surface area contributed by atoms with Crippen molar-refractivity contribution in [1.29, 1.82) is 0 Å². The normalized spacial score (nSPS) is 11.0. The molecule has 0 amide bonds. The quantitative estimate of drug-likeness (QED) is 0.220. The Bertz CT molecular complexity index is 381. The summed E-state index contributed by atoms with van der Waals surface area (Å²) in [5, 5.41) is 0. The summed E-state index contributed by atoms with van der Waals surface area (Å²) < 4.78 is 14.9. The molecule has 0 aromatic carbocycles. The third-order valence-electron chi connectivity index (χ3n) is 2.88. The highest BCUT2D eigenvalue weighted by atomic mass is 28.2. The monoisotopic (exact) mass is 344 g/mol. The van der Waals surface area contributed by atoms with E-state index >= 15 is 0 Å². The first-order valence-corrected chi connectivity index (χ1v) is 9.85. The smallest absolute Gasteiger partial charge is 0.331 e. The Balaban J connectivity index is 3.62. The third kappa shape index (κ3) is 15.0. The lowest BCUT2D eigenvalue weighted by Gasteiger charge is -2.04. The van der Waals surface area contributed by atoms with E-state index in [0.717, 1.165) is 43.9 Å². The van der Waals surface area contributed by atoms with Crippen molar-refractivity contribution in [3.05, 3.63) is 12.2 Å². The Kier molecular flexibility index (Phi) is 14.2. The predicted molar refractivity (Wildman–Crippen MR) is 89.6 cm³/mol. The lowest BCUT2D eigenvalue weighted by Crippen LogP contribution is -2.10. The van der Waals surface area contributed by atoms with Crippen molar-refractivity contribution in [3.8, 4) is 0 Å². The topological polar surface area (TPSA) is 78.9 Å². The van der Waals surface area contributed by atoms with Crippen molar-refractivity contribution >= 4 is 27.7 Å². The molecule has 0 rings (SSSR count). The van der Waals surface area contributed by atoms with Crippen molar-refractivity contribution in [1.82, 2.24) is 0 Å². The summed E-state index contributed by atoms with van der Waals surface area (Å²) in [6.45, 7) is 4.56. The summed E-state index contributed by atoms with van der Waals surface area (Å²) in [5.41, 5.74) is 0. The maximum Gasteiger partial charge on any atom is 0.331 e. The Morgan fingerprint density at radius 2 is 1.43 bits per heavy atom. The first kappa shape index (κ1) is 21.4. The van der Waals surface area contributed by atoms with Gasteiger partial charge in [-0.25, -0.2) is 9.59 Å². The van der Waals surface area contributed by atoms with Gasteiger partial charge in [-0.1, -0.05) is 33.1 Å². The van der Waals surface area contributed by atoms with Crippen molar-refractivity contribution in [2.75, 3.05) is 13.2 Å². The lowest BCUT2D eigenvalue weighted by molar-refractivity contribution is -0.141. The lowest BCUT2D eigenvalue weighted by atomic mass is 10.3. The molecule has 0 atom stereocenters. The van der Waals surface area contributed by atoms with Crippen LogP contribution in [-0.2, 0) is 28.3 Å². The van der Waals surface area contributed by atoms with Crippen LogP contribution in [0.25, 0.3) is 0 Å². The second-order valence-electron chi connectivity index (χ2n) is 5.05. The first-order valence-electron chi connectivity index (χ1n) is 8.27. The molecular formula is C16H28O6Si. The van der Waals surface area contributed by atoms with Gasteiger partial charge >= 0.3 is 11.9 Å². The van der Waals surface area contributed by atoms with Gasteiger partial charge in [0.05, 0.1) is 13.2 Å². The highest BCUT2D eigenvalue weighted by Gasteiger charge is 2.04. The number of carbonyl (C=O) groups is 3. The van der Waals surface area contributed by atoms with Gasteiger partial charge in [-0.05, 0) is 18.9 Å². The fraction of sp³-hybridized carbons (Fsp3) is 0.688. The number of unbranched alkanes of at least 4 members (excludes halogenated alkanes) is 2. The number of carbonyl (C=O) groups excluding carboxylic acids is 3. The van der Waals surface area contributed by atoms with Gasteiger partial charge in [0, 0.05) is 18.6 Å². The van der Waals surface area contributed by atoms with Crippen LogP contribution in [0.3, 0.4) is 0 Å². The van der Waals surface area contributed by atoms with Crippen LogP contribution in [0.5, 0.6) is 0 Å². The third-order valence-corrected chi connectivity index (χ3v) is 4.19. The van der Waals surface area contributed by atoms with Gasteiger partial charge in [-0.2, -0.15) is 0 Å². The van der Waals surface area contributed by atoms with E-state index in [1.165, 1.54) is 0 Å². The summed E-state index contributed by atoms with van der Waals surface area (Å²) in [7, 11) is -0.743. The molecule has 0 saturated carbocycles. The molecule has 0 spiro atoms. The van der Waals surface area contributed by atoms with Crippen LogP contribution in [0.15, 0.2) is 12.2 Å². The molecule has 6 nitrogen and oxygen atoms in total. The summed E-state index contributed by atoms with van der Waals surface area (Å²) in [6.07, 6.45) is 6.68. The maximum absolute atomic E-state index is 11.4. The van der Waals surface area contributed by atoms with E-state index in [-0.39, 0.29) is 19.0 Å². The van der Waals surface area contributed by atoms with E-state index in [2.05, 4.69) is 6.92 Å². The molecule has 132 valence electrons. The average molecular weight is 344 g/mol. The molecule has 0 unspecified atom stereocenters. The Hall–Kier alpha value is -1.63. The summed E-state index contributed by atoms with van der Waals surface area (Å²) in [5.74, 6) is -1.40. The number of hydrogen-bond acceptors (Lipinski definition) is 6. The molecule has 0 N–H and O–H groups in total. The first-order chi connectivity index (χ1) is 11.1. The maximum atomic E-state index is 11.4. The molecule has 7 heteroatoms. The van der Waals surface area contributed by atoms with Crippen LogP contribution >= 0.6 is 0 Å². The van der Waals surface area contributed by atoms with Gasteiger partial charge in [-0.3, -0.25) is 4.79 Å². The second-order valence-corrected chi connectivity index (χ2v) is 6.46. The molecule has 0 aromatic rings. The molecule has 0 radical (unpaired) electrons. The van der Waals surface area contributed by atoms with Gasteiger partial charge < -0.3 is 13.9 Å². The molecule has 0 aliphatic rings.